The largest absolute Gasteiger partial charge is 1.00 e. The molecular formula is C5H14FNO. The molecule has 3 heteroatoms. The van der Waals surface area contributed by atoms with Crippen LogP contribution in [0.5, 0.6) is 0 Å². The van der Waals surface area contributed by atoms with E-state index in [0.29, 0.717) is 0 Å². The molecule has 8 heavy (non-hydrogen) atoms. The molecule has 0 saturated carbocycles. The Bertz CT molecular complexity index is 50.9. The van der Waals surface area contributed by atoms with Crippen LogP contribution < -0.4 is 4.70 Å². The van der Waals surface area contributed by atoms with Crippen LogP contribution in [0.3, 0.4) is 0 Å². The Morgan fingerprint density at radius 2 is 1.62 bits per heavy atom. The summed E-state index contributed by atoms with van der Waals surface area (Å²) < 4.78 is 0.844. The first kappa shape index (κ1) is 10.8. The highest BCUT2D eigenvalue weighted by molar-refractivity contribution is 4.19. The highest BCUT2D eigenvalue weighted by Gasteiger charge is 2.02. The van der Waals surface area contributed by atoms with Gasteiger partial charge in [0.25, 0.3) is 0 Å². The van der Waals surface area contributed by atoms with E-state index in [1.54, 1.807) is 0 Å². The third kappa shape index (κ3) is 9.28. The molecule has 0 spiro atoms. The van der Waals surface area contributed by atoms with E-state index in [1.807, 2.05) is 0 Å². The summed E-state index contributed by atoms with van der Waals surface area (Å²) in [6, 6.07) is 0. The highest BCUT2D eigenvalue weighted by atomic mass is 19.0. The number of aliphatic hydroxyl groups excluding tert-OH is 1. The van der Waals surface area contributed by atoms with Gasteiger partial charge in [-0.05, 0) is 0 Å². The summed E-state index contributed by atoms with van der Waals surface area (Å²) in [5.74, 6) is 0. The Morgan fingerprint density at radius 1 is 1.25 bits per heavy atom. The monoisotopic (exact) mass is 127 g/mol. The first-order valence-corrected chi connectivity index (χ1v) is 2.47. The number of halogens is 1. The minimum Gasteiger partial charge on any atom is -1.00 e. The second-order valence-corrected chi connectivity index (χ2v) is 2.74. The lowest BCUT2D eigenvalue weighted by Crippen LogP contribution is -3.00. The van der Waals surface area contributed by atoms with E-state index >= 15 is 0 Å². The standard InChI is InChI=1S/C5H14NO.FH/c1-6(2,3)4-5-7;/h7H,4-5H2,1-3H3;1H/q+1;/p-1/i1+1,2+1,3+1,6+1;. The molecule has 0 saturated heterocycles. The van der Waals surface area contributed by atoms with Crippen molar-refractivity contribution in [2.45, 2.75) is 0 Å². The predicted octanol–water partition coefficient (Wildman–Crippen LogP) is -3.31. The Hall–Kier alpha value is -0.150. The fraction of sp³-hybridized carbons (Fsp3) is 1.00. The summed E-state index contributed by atoms with van der Waals surface area (Å²) in [5, 5.41) is 8.39. The number of hydrogen-bond acceptors (Lipinski definition) is 1. The van der Waals surface area contributed by atoms with Crippen molar-refractivity contribution in [2.75, 3.05) is 34.3 Å². The molecule has 0 atom stereocenters. The minimum atomic E-state index is 0. The van der Waals surface area contributed by atoms with Gasteiger partial charge in [0.05, 0.1) is 27.7 Å². The van der Waals surface area contributed by atoms with E-state index in [2.05, 4.69) is 21.1 Å². The average Bonchev–Trinajstić information content (AvgIpc) is 1.30. The minimum absolute atomic E-state index is 0. The third-order valence-corrected chi connectivity index (χ3v) is 0.771. The van der Waals surface area contributed by atoms with Gasteiger partial charge in [-0.25, -0.2) is 0 Å². The second-order valence-electron chi connectivity index (χ2n) is 2.74. The van der Waals surface area contributed by atoms with Crippen molar-refractivity contribution in [1.82, 2.24) is 0 Å². The molecule has 0 radical (unpaired) electrons. The van der Waals surface area contributed by atoms with Crippen LogP contribution in [-0.2, 0) is 0 Å². The molecule has 0 aliphatic rings. The molecule has 0 aliphatic carbocycles. The van der Waals surface area contributed by atoms with Crippen molar-refractivity contribution in [2.24, 2.45) is 0 Å². The molecule has 0 aliphatic heterocycles. The van der Waals surface area contributed by atoms with Crippen LogP contribution in [0.1, 0.15) is 0 Å². The lowest BCUT2D eigenvalue weighted by atomic mass is 10.7. The molecule has 0 unspecified atom stereocenters. The van der Waals surface area contributed by atoms with Crippen molar-refractivity contribution < 1.29 is 14.3 Å². The van der Waals surface area contributed by atoms with Gasteiger partial charge in [-0.2, -0.15) is 0 Å². The molecule has 0 aromatic carbocycles. The zero-order valence-corrected chi connectivity index (χ0v) is 5.69. The molecule has 0 aromatic rings. The van der Waals surface area contributed by atoms with Crippen LogP contribution in [0.25, 0.3) is 0 Å². The number of rotatable bonds is 2. The zero-order valence-electron chi connectivity index (χ0n) is 5.69. The van der Waals surface area contributed by atoms with Gasteiger partial charge in [0.15, 0.2) is 0 Å². The van der Waals surface area contributed by atoms with Gasteiger partial charge >= 0.3 is 0 Å². The molecule has 0 rings (SSSR count). The summed E-state index contributed by atoms with van der Waals surface area (Å²) in [4.78, 5) is 0. The lowest BCUT2D eigenvalue weighted by Gasteiger charge is -2.21. The van der Waals surface area contributed by atoms with Crippen LogP contribution in [0.2, 0.25) is 0 Å². The van der Waals surface area contributed by atoms with Crippen molar-refractivity contribution in [3.8, 4) is 0 Å². The Balaban J connectivity index is 0. The normalized spacial score (nSPS) is 10.5. The summed E-state index contributed by atoms with van der Waals surface area (Å²) >= 11 is 0. The number of hydrogen-bond donors (Lipinski definition) is 1. The number of quaternary nitrogens is 1. The van der Waals surface area contributed by atoms with Crippen molar-refractivity contribution in [3.63, 3.8) is 0 Å². The molecule has 0 heterocycles. The number of aliphatic hydroxyl groups is 1. The lowest BCUT2D eigenvalue weighted by molar-refractivity contribution is -0.870. The highest BCUT2D eigenvalue weighted by Crippen LogP contribution is 1.84. The van der Waals surface area contributed by atoms with E-state index in [9.17, 15) is 0 Å². The van der Waals surface area contributed by atoms with E-state index in [1.165, 1.54) is 0 Å². The van der Waals surface area contributed by atoms with Gasteiger partial charge in [0, 0.05) is 0 Å². The van der Waals surface area contributed by atoms with Crippen LogP contribution in [0.15, 0.2) is 0 Å². The van der Waals surface area contributed by atoms with Crippen LogP contribution >= 0.6 is 0 Å². The van der Waals surface area contributed by atoms with Crippen LogP contribution in [0.4, 0.5) is 0 Å². The molecule has 0 amide bonds. The first-order chi connectivity index (χ1) is 3.06. The maximum Gasteiger partial charge on any atom is 0.101 e. The van der Waals surface area contributed by atoms with Gasteiger partial charge in [-0.15, -0.1) is 0 Å². The fourth-order valence-electron chi connectivity index (χ4n) is 0.300. The smallest absolute Gasteiger partial charge is 0.101 e. The van der Waals surface area contributed by atoms with Crippen molar-refractivity contribution in [1.29, 1.82) is 0 Å². The van der Waals surface area contributed by atoms with Gasteiger partial charge in [-0.3, -0.25) is 0 Å². The zero-order chi connectivity index (χ0) is 5.91. The molecule has 1 N–H and O–H groups in total. The van der Waals surface area contributed by atoms with Crippen LogP contribution in [0, 0.1) is 0 Å². The SMILES string of the molecule is [13CH3][15N+]([13CH3])([13CH3])CCO.[F-]. The molecule has 0 aromatic heterocycles. The Labute approximate surface area is 49.7 Å². The maximum atomic E-state index is 8.39. The van der Waals surface area contributed by atoms with E-state index < -0.39 is 0 Å². The summed E-state index contributed by atoms with van der Waals surface area (Å²) in [7, 11) is 6.16. The molecule has 52 valence electrons. The van der Waals surface area contributed by atoms with Gasteiger partial charge < -0.3 is 14.3 Å². The summed E-state index contributed by atoms with van der Waals surface area (Å²) in [6.45, 7) is 1.11. The van der Waals surface area contributed by atoms with Crippen molar-refractivity contribution in [3.05, 3.63) is 0 Å². The van der Waals surface area contributed by atoms with Gasteiger partial charge in [-0.1, -0.05) is 0 Å². The summed E-state index contributed by atoms with van der Waals surface area (Å²) in [5.41, 5.74) is 0. The van der Waals surface area contributed by atoms with E-state index in [4.69, 9.17) is 5.11 Å². The average molecular weight is 127 g/mol. The third-order valence-electron chi connectivity index (χ3n) is 0.771. The summed E-state index contributed by atoms with van der Waals surface area (Å²) in [6.07, 6.45) is 0. The fourth-order valence-corrected chi connectivity index (χ4v) is 0.300. The number of likely N-dealkylation sites (N-methyl/N-ethyl adjacent to an activating group) is 1. The second kappa shape index (κ2) is 3.80. The van der Waals surface area contributed by atoms with Crippen LogP contribution in [-0.4, -0.2) is 43.9 Å². The maximum absolute atomic E-state index is 8.39. The van der Waals surface area contributed by atoms with Crippen molar-refractivity contribution >= 4 is 0 Å². The predicted molar refractivity (Wildman–Crippen MR) is 30.0 cm³/mol. The van der Waals surface area contributed by atoms with Gasteiger partial charge in [0.2, 0.25) is 0 Å². The van der Waals surface area contributed by atoms with E-state index in [-0.39, 0.29) is 11.3 Å². The quantitative estimate of drug-likeness (QED) is 0.234. The topological polar surface area (TPSA) is 20.2 Å². The molecule has 0 fully saturated rings. The Kier molecular flexibility index (Phi) is 5.12. The molecule has 2 nitrogen and oxygen atoms in total. The van der Waals surface area contributed by atoms with Gasteiger partial charge in [0.1, 0.15) is 6.54 Å². The van der Waals surface area contributed by atoms with E-state index in [0.717, 1.165) is 11.0 Å². The Morgan fingerprint density at radius 3 is 1.62 bits per heavy atom. The molecule has 0 bridgehead atoms. The first-order valence-electron chi connectivity index (χ1n) is 2.47. The number of nitrogens with zero attached hydrogens (tertiary/aromatic N) is 1. The molecular weight excluding hydrogens is 113 g/mol.